The van der Waals surface area contributed by atoms with Crippen LogP contribution in [0.5, 0.6) is 0 Å². The van der Waals surface area contributed by atoms with Crippen LogP contribution >= 0.6 is 0 Å². The zero-order valence-corrected chi connectivity index (χ0v) is 6.83. The van der Waals surface area contributed by atoms with E-state index in [1.807, 2.05) is 12.4 Å². The van der Waals surface area contributed by atoms with Gasteiger partial charge < -0.3 is 0 Å². The van der Waals surface area contributed by atoms with Crippen LogP contribution in [0.15, 0.2) is 23.8 Å². The third-order valence-electron chi connectivity index (χ3n) is 1.97. The maximum absolute atomic E-state index is 4.25. The van der Waals surface area contributed by atoms with Crippen molar-refractivity contribution >= 4 is 18.0 Å². The Hall–Kier alpha value is -1.44. The van der Waals surface area contributed by atoms with E-state index < -0.39 is 0 Å². The van der Waals surface area contributed by atoms with Crippen LogP contribution in [0.2, 0.25) is 0 Å². The summed E-state index contributed by atoms with van der Waals surface area (Å²) in [4.78, 5) is 8.43. The van der Waals surface area contributed by atoms with E-state index >= 15 is 0 Å². The van der Waals surface area contributed by atoms with Gasteiger partial charge in [-0.25, -0.2) is 0 Å². The Morgan fingerprint density at radius 3 is 3.08 bits per heavy atom. The number of rotatable bonds is 1. The van der Waals surface area contributed by atoms with Gasteiger partial charge in [0.05, 0.1) is 17.6 Å². The summed E-state index contributed by atoms with van der Waals surface area (Å²) in [7, 11) is 0. The first-order chi connectivity index (χ1) is 5.90. The van der Waals surface area contributed by atoms with Crippen LogP contribution in [0.25, 0.3) is 6.08 Å². The number of hydrogen-bond acceptors (Lipinski definition) is 2. The first kappa shape index (κ1) is 9.65. The third kappa shape index (κ3) is 1.83. The molecule has 2 heterocycles. The molecule has 0 fully saturated rings. The van der Waals surface area contributed by atoms with E-state index in [0.29, 0.717) is 0 Å². The first-order valence-corrected chi connectivity index (χ1v) is 4.04. The van der Waals surface area contributed by atoms with E-state index in [9.17, 15) is 0 Å². The van der Waals surface area contributed by atoms with Crippen LogP contribution in [0.3, 0.4) is 0 Å². The molecule has 0 N–H and O–H groups in total. The van der Waals surface area contributed by atoms with E-state index in [-0.39, 0.29) is 7.43 Å². The largest absolute Gasteiger partial charge is 0.259 e. The Morgan fingerprint density at radius 2 is 2.31 bits per heavy atom. The van der Waals surface area contributed by atoms with Gasteiger partial charge in [-0.1, -0.05) is 14.0 Å². The SMILES string of the molecule is C.C=Cc1cc2c(cn1)N=CCC2. The lowest BCUT2D eigenvalue weighted by molar-refractivity contribution is 1.01. The van der Waals surface area contributed by atoms with Gasteiger partial charge in [0.1, 0.15) is 0 Å². The Labute approximate surface area is 79.0 Å². The number of aryl methyl sites for hydroxylation is 1. The summed E-state index contributed by atoms with van der Waals surface area (Å²) in [6.07, 6.45) is 7.62. The second-order valence-electron chi connectivity index (χ2n) is 2.79. The van der Waals surface area contributed by atoms with Crippen molar-refractivity contribution in [2.45, 2.75) is 20.3 Å². The highest BCUT2D eigenvalue weighted by atomic mass is 14.8. The standard InChI is InChI=1S/C10H10N2.CH4/c1-2-9-6-8-4-3-5-11-10(8)7-12-9;/h2,5-7H,1,3-4H2;1H4. The topological polar surface area (TPSA) is 25.2 Å². The average Bonchev–Trinajstić information content (AvgIpc) is 2.17. The van der Waals surface area contributed by atoms with Crippen LogP contribution in [0, 0.1) is 0 Å². The summed E-state index contributed by atoms with van der Waals surface area (Å²) in [5.74, 6) is 0. The molecule has 0 aliphatic carbocycles. The predicted octanol–water partition coefficient (Wildman–Crippen LogP) is 3.01. The molecule has 1 aliphatic heterocycles. The molecule has 2 rings (SSSR count). The number of fused-ring (bicyclic) bond motifs is 1. The van der Waals surface area contributed by atoms with E-state index in [4.69, 9.17) is 0 Å². The molecule has 0 unspecified atom stereocenters. The molecular weight excluding hydrogens is 160 g/mol. The van der Waals surface area contributed by atoms with E-state index in [1.54, 1.807) is 6.08 Å². The van der Waals surface area contributed by atoms with Crippen molar-refractivity contribution in [3.8, 4) is 0 Å². The minimum absolute atomic E-state index is 0. The molecule has 68 valence electrons. The molecule has 2 heteroatoms. The van der Waals surface area contributed by atoms with Crippen molar-refractivity contribution in [3.05, 3.63) is 30.1 Å². The van der Waals surface area contributed by atoms with Gasteiger partial charge in [-0.3, -0.25) is 9.98 Å². The summed E-state index contributed by atoms with van der Waals surface area (Å²) >= 11 is 0. The summed E-state index contributed by atoms with van der Waals surface area (Å²) in [5.41, 5.74) is 3.22. The first-order valence-electron chi connectivity index (χ1n) is 4.04. The maximum atomic E-state index is 4.25. The quantitative estimate of drug-likeness (QED) is 0.642. The van der Waals surface area contributed by atoms with Gasteiger partial charge in [0.15, 0.2) is 0 Å². The Bertz CT molecular complexity index is 340. The van der Waals surface area contributed by atoms with Crippen molar-refractivity contribution in [1.29, 1.82) is 0 Å². The van der Waals surface area contributed by atoms with Gasteiger partial charge >= 0.3 is 0 Å². The molecule has 0 atom stereocenters. The second kappa shape index (κ2) is 3.99. The zero-order chi connectivity index (χ0) is 8.39. The molecule has 1 aromatic rings. The van der Waals surface area contributed by atoms with E-state index in [2.05, 4.69) is 22.6 Å². The van der Waals surface area contributed by atoms with Crippen molar-refractivity contribution in [1.82, 2.24) is 4.98 Å². The summed E-state index contributed by atoms with van der Waals surface area (Å²) in [5, 5.41) is 0. The molecule has 0 bridgehead atoms. The molecule has 1 aliphatic rings. The van der Waals surface area contributed by atoms with Crippen molar-refractivity contribution in [2.24, 2.45) is 4.99 Å². The highest BCUT2D eigenvalue weighted by molar-refractivity contribution is 5.68. The molecule has 0 saturated carbocycles. The molecule has 13 heavy (non-hydrogen) atoms. The fourth-order valence-electron chi connectivity index (χ4n) is 1.32. The van der Waals surface area contributed by atoms with Crippen molar-refractivity contribution in [2.75, 3.05) is 0 Å². The van der Waals surface area contributed by atoms with Crippen LogP contribution < -0.4 is 0 Å². The van der Waals surface area contributed by atoms with Gasteiger partial charge in [-0.05, 0) is 30.5 Å². The van der Waals surface area contributed by atoms with Crippen LogP contribution in [0.1, 0.15) is 25.1 Å². The van der Waals surface area contributed by atoms with E-state index in [0.717, 1.165) is 24.2 Å². The van der Waals surface area contributed by atoms with Crippen LogP contribution in [-0.4, -0.2) is 11.2 Å². The molecule has 0 aromatic carbocycles. The fourth-order valence-corrected chi connectivity index (χ4v) is 1.32. The Morgan fingerprint density at radius 1 is 1.46 bits per heavy atom. The van der Waals surface area contributed by atoms with Gasteiger partial charge in [0.25, 0.3) is 0 Å². The van der Waals surface area contributed by atoms with Gasteiger partial charge in [0, 0.05) is 6.21 Å². The second-order valence-corrected chi connectivity index (χ2v) is 2.79. The molecule has 0 radical (unpaired) electrons. The molecule has 0 saturated heterocycles. The van der Waals surface area contributed by atoms with Crippen molar-refractivity contribution < 1.29 is 0 Å². The summed E-state index contributed by atoms with van der Waals surface area (Å²) < 4.78 is 0. The minimum atomic E-state index is 0. The number of aliphatic imine (C=N–C) groups is 1. The number of hydrogen-bond donors (Lipinski definition) is 0. The van der Waals surface area contributed by atoms with Crippen LogP contribution in [0.4, 0.5) is 5.69 Å². The lowest BCUT2D eigenvalue weighted by atomic mass is 10.1. The minimum Gasteiger partial charge on any atom is -0.259 e. The Balaban J connectivity index is 0.000000845. The molecule has 1 aromatic heterocycles. The van der Waals surface area contributed by atoms with Crippen LogP contribution in [-0.2, 0) is 6.42 Å². The molecule has 2 nitrogen and oxygen atoms in total. The lowest BCUT2D eigenvalue weighted by Crippen LogP contribution is -1.95. The number of aromatic nitrogens is 1. The number of pyridine rings is 1. The summed E-state index contributed by atoms with van der Waals surface area (Å²) in [6.45, 7) is 3.68. The third-order valence-corrected chi connectivity index (χ3v) is 1.97. The highest BCUT2D eigenvalue weighted by Crippen LogP contribution is 2.23. The average molecular weight is 174 g/mol. The highest BCUT2D eigenvalue weighted by Gasteiger charge is 2.05. The van der Waals surface area contributed by atoms with Crippen molar-refractivity contribution in [3.63, 3.8) is 0 Å². The molecular formula is C11H14N2. The maximum Gasteiger partial charge on any atom is 0.0841 e. The van der Waals surface area contributed by atoms with Gasteiger partial charge in [-0.2, -0.15) is 0 Å². The monoisotopic (exact) mass is 174 g/mol. The zero-order valence-electron chi connectivity index (χ0n) is 6.83. The Kier molecular flexibility index (Phi) is 2.96. The lowest BCUT2D eigenvalue weighted by Gasteiger charge is -2.08. The fraction of sp³-hybridized carbons (Fsp3) is 0.273. The number of nitrogens with zero attached hydrogens (tertiary/aromatic N) is 2. The molecule has 0 spiro atoms. The smallest absolute Gasteiger partial charge is 0.0841 e. The van der Waals surface area contributed by atoms with Gasteiger partial charge in [-0.15, -0.1) is 0 Å². The van der Waals surface area contributed by atoms with Gasteiger partial charge in [0.2, 0.25) is 0 Å². The normalized spacial score (nSPS) is 12.9. The van der Waals surface area contributed by atoms with E-state index in [1.165, 1.54) is 5.56 Å². The predicted molar refractivity (Wildman–Crippen MR) is 57.5 cm³/mol. The molecule has 0 amide bonds. The summed E-state index contributed by atoms with van der Waals surface area (Å²) in [6, 6.07) is 2.05.